The molecule has 1 atom stereocenters. The van der Waals surface area contributed by atoms with Crippen LogP contribution in [0.15, 0.2) is 29.2 Å². The Morgan fingerprint density at radius 2 is 2.25 bits per heavy atom. The minimum Gasteiger partial charge on any atom is -0.324 e. The molecule has 2 N–H and O–H groups in total. The van der Waals surface area contributed by atoms with E-state index in [1.165, 1.54) is 0 Å². The van der Waals surface area contributed by atoms with E-state index < -0.39 is 0 Å². The van der Waals surface area contributed by atoms with E-state index in [1.54, 1.807) is 12.3 Å². The van der Waals surface area contributed by atoms with Crippen LogP contribution in [0.25, 0.3) is 0 Å². The smallest absolute Gasteiger partial charge is 0.250 e. The first-order valence-corrected chi connectivity index (χ1v) is 7.12. The molecule has 2 heterocycles. The lowest BCUT2D eigenvalue weighted by molar-refractivity contribution is 0.513. The third-order valence-corrected chi connectivity index (χ3v) is 4.17. The molecule has 1 unspecified atom stereocenters. The van der Waals surface area contributed by atoms with Crippen LogP contribution in [0.1, 0.15) is 35.8 Å². The lowest BCUT2D eigenvalue weighted by Crippen LogP contribution is -2.30. The lowest BCUT2D eigenvalue weighted by Gasteiger charge is -2.25. The summed E-state index contributed by atoms with van der Waals surface area (Å²) in [7, 11) is 1.93. The third kappa shape index (κ3) is 2.29. The Morgan fingerprint density at radius 3 is 3.00 bits per heavy atom. The first kappa shape index (κ1) is 13.1. The quantitative estimate of drug-likeness (QED) is 0.912. The van der Waals surface area contributed by atoms with Gasteiger partial charge in [-0.2, -0.15) is 5.10 Å². The second-order valence-corrected chi connectivity index (χ2v) is 5.42. The van der Waals surface area contributed by atoms with Crippen molar-refractivity contribution in [2.45, 2.75) is 38.3 Å². The van der Waals surface area contributed by atoms with Crippen molar-refractivity contribution in [1.82, 2.24) is 14.3 Å². The molecule has 1 aliphatic rings. The van der Waals surface area contributed by atoms with Crippen LogP contribution in [-0.2, 0) is 26.4 Å². The Morgan fingerprint density at radius 1 is 1.40 bits per heavy atom. The van der Waals surface area contributed by atoms with Gasteiger partial charge in [-0.1, -0.05) is 6.07 Å². The van der Waals surface area contributed by atoms with Crippen molar-refractivity contribution in [3.63, 3.8) is 0 Å². The fourth-order valence-electron chi connectivity index (χ4n) is 3.02. The second-order valence-electron chi connectivity index (χ2n) is 5.42. The van der Waals surface area contributed by atoms with Crippen LogP contribution >= 0.6 is 0 Å². The predicted molar refractivity (Wildman–Crippen MR) is 77.5 cm³/mol. The molecule has 1 aliphatic carbocycles. The first-order valence-electron chi connectivity index (χ1n) is 7.12. The molecule has 0 bridgehead atoms. The van der Waals surface area contributed by atoms with E-state index in [1.807, 2.05) is 28.4 Å². The van der Waals surface area contributed by atoms with Gasteiger partial charge < -0.3 is 10.3 Å². The third-order valence-electron chi connectivity index (χ3n) is 4.17. The highest BCUT2D eigenvalue weighted by molar-refractivity contribution is 5.27. The highest BCUT2D eigenvalue weighted by Crippen LogP contribution is 2.26. The molecule has 0 aromatic carbocycles. The molecule has 5 heteroatoms. The van der Waals surface area contributed by atoms with E-state index in [-0.39, 0.29) is 11.6 Å². The van der Waals surface area contributed by atoms with Crippen LogP contribution in [0.2, 0.25) is 0 Å². The van der Waals surface area contributed by atoms with E-state index >= 15 is 0 Å². The van der Waals surface area contributed by atoms with Crippen molar-refractivity contribution in [3.8, 4) is 0 Å². The van der Waals surface area contributed by atoms with Gasteiger partial charge in [0.05, 0.1) is 0 Å². The van der Waals surface area contributed by atoms with Gasteiger partial charge in [0.2, 0.25) is 0 Å². The molecule has 0 saturated heterocycles. The van der Waals surface area contributed by atoms with Gasteiger partial charge in [0.15, 0.2) is 0 Å². The Balaban J connectivity index is 1.91. The van der Waals surface area contributed by atoms with E-state index in [9.17, 15) is 4.79 Å². The number of rotatable bonds is 3. The summed E-state index contributed by atoms with van der Waals surface area (Å²) < 4.78 is 3.74. The van der Waals surface area contributed by atoms with Crippen molar-refractivity contribution in [1.29, 1.82) is 0 Å². The zero-order valence-electron chi connectivity index (χ0n) is 11.7. The summed E-state index contributed by atoms with van der Waals surface area (Å²) in [4.78, 5) is 12.1. The maximum atomic E-state index is 12.1. The van der Waals surface area contributed by atoms with Gasteiger partial charge in [-0.3, -0.25) is 9.48 Å². The number of nitrogens with zero attached hydrogens (tertiary/aromatic N) is 3. The van der Waals surface area contributed by atoms with Gasteiger partial charge in [0, 0.05) is 49.7 Å². The zero-order valence-corrected chi connectivity index (χ0v) is 11.7. The number of nitrogens with two attached hydrogens (primary N) is 1. The molecule has 20 heavy (non-hydrogen) atoms. The van der Waals surface area contributed by atoms with Crippen molar-refractivity contribution < 1.29 is 0 Å². The Hall–Kier alpha value is -1.88. The molecule has 2 aromatic heterocycles. The fourth-order valence-corrected chi connectivity index (χ4v) is 3.02. The van der Waals surface area contributed by atoms with E-state index in [0.717, 1.165) is 42.6 Å². The zero-order chi connectivity index (χ0) is 14.1. The first-order chi connectivity index (χ1) is 9.66. The average molecular weight is 272 g/mol. The SMILES string of the molecule is Cn1nccc1CCn1c2c(ccc1=O)C(N)CCC2. The Kier molecular flexibility index (Phi) is 3.44. The Labute approximate surface area is 118 Å². The van der Waals surface area contributed by atoms with Crippen molar-refractivity contribution in [3.05, 3.63) is 51.7 Å². The van der Waals surface area contributed by atoms with Crippen LogP contribution in [0.4, 0.5) is 0 Å². The van der Waals surface area contributed by atoms with Crippen LogP contribution in [-0.4, -0.2) is 14.3 Å². The minimum atomic E-state index is 0.0695. The highest BCUT2D eigenvalue weighted by Gasteiger charge is 2.20. The maximum absolute atomic E-state index is 12.1. The molecule has 106 valence electrons. The number of fused-ring (bicyclic) bond motifs is 1. The standard InChI is InChI=1S/C15H20N4O/c1-18-11(7-9-17-18)8-10-19-14-4-2-3-13(16)12(14)5-6-15(19)20/h5-7,9,13H,2-4,8,10,16H2,1H3. The monoisotopic (exact) mass is 272 g/mol. The minimum absolute atomic E-state index is 0.0695. The van der Waals surface area contributed by atoms with Crippen molar-refractivity contribution >= 4 is 0 Å². The second kappa shape index (κ2) is 5.25. The van der Waals surface area contributed by atoms with Gasteiger partial charge in [-0.05, 0) is 30.9 Å². The summed E-state index contributed by atoms with van der Waals surface area (Å²) in [6, 6.07) is 5.61. The summed E-state index contributed by atoms with van der Waals surface area (Å²) in [6.45, 7) is 0.689. The largest absolute Gasteiger partial charge is 0.324 e. The van der Waals surface area contributed by atoms with Crippen LogP contribution < -0.4 is 11.3 Å². The van der Waals surface area contributed by atoms with Gasteiger partial charge in [-0.15, -0.1) is 0 Å². The molecule has 0 saturated carbocycles. The van der Waals surface area contributed by atoms with Gasteiger partial charge in [0.25, 0.3) is 5.56 Å². The number of aryl methyl sites for hydroxylation is 2. The van der Waals surface area contributed by atoms with E-state index in [4.69, 9.17) is 5.73 Å². The molecule has 0 aliphatic heterocycles. The van der Waals surface area contributed by atoms with Crippen LogP contribution in [0, 0.1) is 0 Å². The summed E-state index contributed by atoms with van der Waals surface area (Å²) in [5, 5.41) is 4.16. The molecule has 2 aromatic rings. The molecular formula is C15H20N4O. The predicted octanol–water partition coefficient (Wildman–Crippen LogP) is 1.16. The van der Waals surface area contributed by atoms with Crippen LogP contribution in [0.3, 0.4) is 0 Å². The lowest BCUT2D eigenvalue weighted by atomic mass is 9.91. The van der Waals surface area contributed by atoms with E-state index in [0.29, 0.717) is 6.54 Å². The summed E-state index contributed by atoms with van der Waals surface area (Å²) in [5.74, 6) is 0. The molecule has 5 nitrogen and oxygen atoms in total. The number of aromatic nitrogens is 3. The number of pyridine rings is 1. The highest BCUT2D eigenvalue weighted by atomic mass is 16.1. The summed E-state index contributed by atoms with van der Waals surface area (Å²) >= 11 is 0. The summed E-state index contributed by atoms with van der Waals surface area (Å²) in [6.07, 6.45) is 5.61. The molecule has 0 spiro atoms. The average Bonchev–Trinajstić information content (AvgIpc) is 2.83. The van der Waals surface area contributed by atoms with Gasteiger partial charge in [0.1, 0.15) is 0 Å². The van der Waals surface area contributed by atoms with Crippen molar-refractivity contribution in [2.75, 3.05) is 0 Å². The van der Waals surface area contributed by atoms with Crippen molar-refractivity contribution in [2.24, 2.45) is 12.8 Å². The number of hydrogen-bond donors (Lipinski definition) is 1. The Bertz CT molecular complexity index is 671. The topological polar surface area (TPSA) is 65.8 Å². The van der Waals surface area contributed by atoms with Crippen LogP contribution in [0.5, 0.6) is 0 Å². The molecule has 0 fully saturated rings. The molecule has 0 radical (unpaired) electrons. The molecule has 3 rings (SSSR count). The van der Waals surface area contributed by atoms with Gasteiger partial charge in [-0.25, -0.2) is 0 Å². The van der Waals surface area contributed by atoms with E-state index in [2.05, 4.69) is 5.10 Å². The fraction of sp³-hybridized carbons (Fsp3) is 0.467. The van der Waals surface area contributed by atoms with Gasteiger partial charge >= 0.3 is 0 Å². The summed E-state index contributed by atoms with van der Waals surface area (Å²) in [5.41, 5.74) is 9.62. The molecular weight excluding hydrogens is 252 g/mol. The number of hydrogen-bond acceptors (Lipinski definition) is 3. The molecule has 0 amide bonds. The normalized spacial score (nSPS) is 18.0. The maximum Gasteiger partial charge on any atom is 0.250 e.